The molecule has 3 N–H and O–H groups in total. The van der Waals surface area contributed by atoms with E-state index in [2.05, 4.69) is 13.8 Å². The maximum atomic E-state index is 14.6. The lowest BCUT2D eigenvalue weighted by Gasteiger charge is -2.34. The molecule has 0 aromatic heterocycles. The maximum absolute atomic E-state index is 14.6. The van der Waals surface area contributed by atoms with Crippen molar-refractivity contribution in [1.82, 2.24) is 0 Å². The number of amides is 1. The van der Waals surface area contributed by atoms with Crippen molar-refractivity contribution in [2.24, 2.45) is 17.1 Å². The van der Waals surface area contributed by atoms with Crippen molar-refractivity contribution >= 4 is 11.9 Å². The number of carboxylic acid groups (broad SMARTS) is 1. The van der Waals surface area contributed by atoms with Crippen LogP contribution in [0.4, 0.5) is 22.0 Å². The second-order valence-electron chi connectivity index (χ2n) is 9.35. The average Bonchev–Trinajstić information content (AvgIpc) is 2.73. The number of alkyl halides is 3. The molecule has 1 aliphatic rings. The Balaban J connectivity index is 0.000000509. The summed E-state index contributed by atoms with van der Waals surface area (Å²) in [4.78, 5) is 20.2. The molecule has 1 saturated carbocycles. The van der Waals surface area contributed by atoms with E-state index >= 15 is 0 Å². The van der Waals surface area contributed by atoms with E-state index in [-0.39, 0.29) is 11.4 Å². The molecule has 0 aliphatic heterocycles. The molecular formula is C25H28F5NO3. The molecule has 2 aromatic rings. The molecule has 0 atom stereocenters. The standard InChI is InChI=1S/C23H27F2NO.C2HF3O2/c1-23(2)9-7-15(8-10-23)3-4-16-5-6-17(14-21(16)25)18-11-19(22(26)27)13-20(24)12-18;3-2(4,5)1(6)7/h5-6,11-15H,3-4,7-10H2,1-2H3,(H2,26,27);(H,6,7). The molecule has 1 aliphatic carbocycles. The first-order valence-corrected chi connectivity index (χ1v) is 10.9. The topological polar surface area (TPSA) is 80.4 Å². The fraction of sp³-hybridized carbons (Fsp3) is 0.440. The second-order valence-corrected chi connectivity index (χ2v) is 9.35. The van der Waals surface area contributed by atoms with Crippen molar-refractivity contribution in [2.45, 2.75) is 58.5 Å². The maximum Gasteiger partial charge on any atom is 0.490 e. The molecular weight excluding hydrogens is 457 g/mol. The molecule has 34 heavy (non-hydrogen) atoms. The molecule has 0 radical (unpaired) electrons. The Morgan fingerprint density at radius 3 is 2.12 bits per heavy atom. The molecule has 0 bridgehead atoms. The van der Waals surface area contributed by atoms with Crippen LogP contribution in [-0.4, -0.2) is 23.2 Å². The number of halogens is 5. The first kappa shape index (κ1) is 27.3. The first-order chi connectivity index (χ1) is 15.7. The molecule has 9 heteroatoms. The average molecular weight is 485 g/mol. The van der Waals surface area contributed by atoms with Gasteiger partial charge in [0.25, 0.3) is 0 Å². The SMILES string of the molecule is CC1(C)CCC(CCc2ccc(-c3cc(F)cc(C(N)=O)c3)cc2F)CC1.O=C(O)C(F)(F)F. The Morgan fingerprint density at radius 1 is 1.03 bits per heavy atom. The Hall–Kier alpha value is -2.97. The number of carboxylic acids is 1. The number of nitrogens with two attached hydrogens (primary N) is 1. The lowest BCUT2D eigenvalue weighted by Crippen LogP contribution is -2.21. The van der Waals surface area contributed by atoms with Crippen LogP contribution in [0.25, 0.3) is 11.1 Å². The van der Waals surface area contributed by atoms with Gasteiger partial charge in [-0.3, -0.25) is 4.79 Å². The summed E-state index contributed by atoms with van der Waals surface area (Å²) in [7, 11) is 0. The van der Waals surface area contributed by atoms with Gasteiger partial charge in [0, 0.05) is 5.56 Å². The minimum atomic E-state index is -5.08. The van der Waals surface area contributed by atoms with E-state index < -0.39 is 23.9 Å². The van der Waals surface area contributed by atoms with E-state index in [1.807, 2.05) is 0 Å². The van der Waals surface area contributed by atoms with Gasteiger partial charge in [-0.25, -0.2) is 13.6 Å². The van der Waals surface area contributed by atoms with Gasteiger partial charge >= 0.3 is 12.1 Å². The monoisotopic (exact) mass is 485 g/mol. The lowest BCUT2D eigenvalue weighted by molar-refractivity contribution is -0.192. The molecule has 2 aromatic carbocycles. The Kier molecular flexibility index (Phi) is 8.80. The molecule has 0 unspecified atom stereocenters. The summed E-state index contributed by atoms with van der Waals surface area (Å²) in [5.74, 6) is -3.64. The number of carbonyl (C=O) groups is 2. The number of hydrogen-bond acceptors (Lipinski definition) is 2. The van der Waals surface area contributed by atoms with Crippen molar-refractivity contribution in [3.8, 4) is 11.1 Å². The van der Waals surface area contributed by atoms with E-state index in [4.69, 9.17) is 15.6 Å². The van der Waals surface area contributed by atoms with Crippen LogP contribution in [-0.2, 0) is 11.2 Å². The van der Waals surface area contributed by atoms with Crippen molar-refractivity contribution in [2.75, 3.05) is 0 Å². The lowest BCUT2D eigenvalue weighted by atomic mass is 9.72. The zero-order chi connectivity index (χ0) is 25.7. The van der Waals surface area contributed by atoms with Gasteiger partial charge in [-0.1, -0.05) is 26.0 Å². The highest BCUT2D eigenvalue weighted by Gasteiger charge is 2.38. The van der Waals surface area contributed by atoms with E-state index in [0.29, 0.717) is 34.4 Å². The van der Waals surface area contributed by atoms with Crippen molar-refractivity contribution in [3.63, 3.8) is 0 Å². The van der Waals surface area contributed by atoms with Gasteiger partial charge in [-0.15, -0.1) is 0 Å². The van der Waals surface area contributed by atoms with E-state index in [0.717, 1.165) is 12.5 Å². The molecule has 0 spiro atoms. The molecule has 3 rings (SSSR count). The Bertz CT molecular complexity index is 1020. The van der Waals surface area contributed by atoms with Crippen LogP contribution in [0.3, 0.4) is 0 Å². The highest BCUT2D eigenvalue weighted by molar-refractivity contribution is 5.94. The van der Waals surface area contributed by atoms with Crippen LogP contribution in [0.15, 0.2) is 36.4 Å². The minimum Gasteiger partial charge on any atom is -0.475 e. The van der Waals surface area contributed by atoms with Crippen LogP contribution in [0.5, 0.6) is 0 Å². The summed E-state index contributed by atoms with van der Waals surface area (Å²) >= 11 is 0. The molecule has 0 heterocycles. The van der Waals surface area contributed by atoms with Gasteiger partial charge in [0.2, 0.25) is 5.91 Å². The number of benzene rings is 2. The van der Waals surface area contributed by atoms with Gasteiger partial charge in [-0.05, 0) is 90.8 Å². The number of aliphatic carboxylic acids is 1. The summed E-state index contributed by atoms with van der Waals surface area (Å²) in [5, 5.41) is 7.12. The third kappa shape index (κ3) is 8.11. The predicted octanol–water partition coefficient (Wildman–Crippen LogP) is 6.51. The summed E-state index contributed by atoms with van der Waals surface area (Å²) in [6.45, 7) is 4.63. The third-order valence-corrected chi connectivity index (χ3v) is 6.09. The number of rotatable bonds is 5. The number of hydrogen-bond donors (Lipinski definition) is 2. The van der Waals surface area contributed by atoms with Crippen LogP contribution < -0.4 is 5.73 Å². The zero-order valence-electron chi connectivity index (χ0n) is 19.0. The van der Waals surface area contributed by atoms with Crippen LogP contribution in [0.2, 0.25) is 0 Å². The quantitative estimate of drug-likeness (QED) is 0.474. The third-order valence-electron chi connectivity index (χ3n) is 6.09. The van der Waals surface area contributed by atoms with Crippen molar-refractivity contribution < 1.29 is 36.6 Å². The zero-order valence-corrected chi connectivity index (χ0v) is 19.0. The van der Waals surface area contributed by atoms with E-state index in [1.165, 1.54) is 43.9 Å². The largest absolute Gasteiger partial charge is 0.490 e. The second kappa shape index (κ2) is 11.0. The normalized spacial score (nSPS) is 15.9. The fourth-order valence-electron chi connectivity index (χ4n) is 3.94. The van der Waals surface area contributed by atoms with E-state index in [9.17, 15) is 26.7 Å². The highest BCUT2D eigenvalue weighted by Crippen LogP contribution is 2.39. The van der Waals surface area contributed by atoms with Gasteiger partial charge in [0.1, 0.15) is 11.6 Å². The molecule has 4 nitrogen and oxygen atoms in total. The van der Waals surface area contributed by atoms with Crippen molar-refractivity contribution in [3.05, 3.63) is 59.2 Å². The van der Waals surface area contributed by atoms with Crippen LogP contribution in [0, 0.1) is 23.0 Å². The minimum absolute atomic E-state index is 0.0784. The number of carbonyl (C=O) groups excluding carboxylic acids is 1. The van der Waals surface area contributed by atoms with Crippen LogP contribution in [0.1, 0.15) is 61.9 Å². The Morgan fingerprint density at radius 2 is 1.62 bits per heavy atom. The molecule has 1 amide bonds. The van der Waals surface area contributed by atoms with Gasteiger partial charge < -0.3 is 10.8 Å². The summed E-state index contributed by atoms with van der Waals surface area (Å²) in [6.07, 6.45) is 1.53. The first-order valence-electron chi connectivity index (χ1n) is 10.9. The smallest absolute Gasteiger partial charge is 0.475 e. The van der Waals surface area contributed by atoms with Gasteiger partial charge in [0.05, 0.1) is 0 Å². The predicted molar refractivity (Wildman–Crippen MR) is 118 cm³/mol. The summed E-state index contributed by atoms with van der Waals surface area (Å²) in [6, 6.07) is 8.82. The van der Waals surface area contributed by atoms with Gasteiger partial charge in [-0.2, -0.15) is 13.2 Å². The van der Waals surface area contributed by atoms with Crippen LogP contribution >= 0.6 is 0 Å². The summed E-state index contributed by atoms with van der Waals surface area (Å²) in [5.41, 5.74) is 7.43. The number of primary amides is 1. The fourth-order valence-corrected chi connectivity index (χ4v) is 3.94. The molecule has 186 valence electrons. The van der Waals surface area contributed by atoms with E-state index in [1.54, 1.807) is 12.1 Å². The summed E-state index contributed by atoms with van der Waals surface area (Å²) < 4.78 is 60.1. The van der Waals surface area contributed by atoms with Gasteiger partial charge in [0.15, 0.2) is 0 Å². The van der Waals surface area contributed by atoms with Crippen molar-refractivity contribution in [1.29, 1.82) is 0 Å². The number of aryl methyl sites for hydroxylation is 1. The Labute approximate surface area is 195 Å². The molecule has 0 saturated heterocycles. The molecule has 1 fully saturated rings. The highest BCUT2D eigenvalue weighted by atomic mass is 19.4.